The monoisotopic (exact) mass is 443 g/mol. The molecule has 6 nitrogen and oxygen atoms in total. The van der Waals surface area contributed by atoms with E-state index in [9.17, 15) is 17.6 Å². The van der Waals surface area contributed by atoms with Crippen LogP contribution in [0.1, 0.15) is 22.8 Å². The summed E-state index contributed by atoms with van der Waals surface area (Å²) >= 11 is 0. The van der Waals surface area contributed by atoms with Gasteiger partial charge in [0.2, 0.25) is 11.7 Å². The minimum atomic E-state index is -4.44. The van der Waals surface area contributed by atoms with Gasteiger partial charge in [0.15, 0.2) is 0 Å². The van der Waals surface area contributed by atoms with Gasteiger partial charge in [0.25, 0.3) is 0 Å². The van der Waals surface area contributed by atoms with Crippen LogP contribution in [0.15, 0.2) is 59.4 Å². The molecule has 2 aromatic carbocycles. The fourth-order valence-electron chi connectivity index (χ4n) is 3.78. The van der Waals surface area contributed by atoms with Gasteiger partial charge < -0.3 is 9.09 Å². The van der Waals surface area contributed by atoms with E-state index >= 15 is 0 Å². The normalized spacial score (nSPS) is 14.5. The third-order valence-electron chi connectivity index (χ3n) is 5.37. The van der Waals surface area contributed by atoms with E-state index in [1.807, 2.05) is 4.57 Å². The second-order valence-electron chi connectivity index (χ2n) is 7.54. The first kappa shape index (κ1) is 20.4. The van der Waals surface area contributed by atoms with Crippen LogP contribution in [0.25, 0.3) is 17.1 Å². The van der Waals surface area contributed by atoms with Crippen LogP contribution in [0.5, 0.6) is 0 Å². The molecule has 3 heterocycles. The Hall–Kier alpha value is -3.53. The van der Waals surface area contributed by atoms with Crippen LogP contribution in [-0.2, 0) is 25.7 Å². The quantitative estimate of drug-likeness (QED) is 0.430. The number of fused-ring (bicyclic) bond motifs is 1. The maximum absolute atomic E-state index is 13.2. The van der Waals surface area contributed by atoms with Gasteiger partial charge in [-0.1, -0.05) is 17.3 Å². The second kappa shape index (κ2) is 7.86. The van der Waals surface area contributed by atoms with Crippen LogP contribution in [0.2, 0.25) is 0 Å². The van der Waals surface area contributed by atoms with Crippen LogP contribution in [0.4, 0.5) is 17.6 Å². The number of alkyl halides is 3. The Balaban J connectivity index is 1.29. The van der Waals surface area contributed by atoms with Gasteiger partial charge in [-0.2, -0.15) is 18.2 Å². The van der Waals surface area contributed by atoms with Gasteiger partial charge >= 0.3 is 6.18 Å². The maximum atomic E-state index is 13.2. The minimum Gasteiger partial charge on any atom is -0.338 e. The molecule has 1 aliphatic heterocycles. The van der Waals surface area contributed by atoms with Crippen molar-refractivity contribution >= 4 is 0 Å². The summed E-state index contributed by atoms with van der Waals surface area (Å²) in [5, 5.41) is 3.84. The first-order chi connectivity index (χ1) is 15.4. The summed E-state index contributed by atoms with van der Waals surface area (Å²) < 4.78 is 59.3. The van der Waals surface area contributed by atoms with Crippen molar-refractivity contribution in [2.45, 2.75) is 25.7 Å². The third-order valence-corrected chi connectivity index (χ3v) is 5.37. The highest BCUT2D eigenvalue weighted by Gasteiger charge is 2.31. The summed E-state index contributed by atoms with van der Waals surface area (Å²) in [6.45, 7) is 1.63. The number of halogens is 4. The maximum Gasteiger partial charge on any atom is 0.416 e. The van der Waals surface area contributed by atoms with Crippen molar-refractivity contribution < 1.29 is 22.1 Å². The predicted octanol–water partition coefficient (Wildman–Crippen LogP) is 4.64. The minimum absolute atomic E-state index is 0.115. The molecule has 5 rings (SSSR count). The average Bonchev–Trinajstić information content (AvgIpc) is 3.41. The Morgan fingerprint density at radius 2 is 1.88 bits per heavy atom. The molecule has 10 heteroatoms. The van der Waals surface area contributed by atoms with Gasteiger partial charge in [-0.25, -0.2) is 9.37 Å². The smallest absolute Gasteiger partial charge is 0.338 e. The van der Waals surface area contributed by atoms with E-state index in [1.165, 1.54) is 24.3 Å². The fourth-order valence-corrected chi connectivity index (χ4v) is 3.78. The summed E-state index contributed by atoms with van der Waals surface area (Å²) in [7, 11) is 0. The predicted molar refractivity (Wildman–Crippen MR) is 106 cm³/mol. The first-order valence-corrected chi connectivity index (χ1v) is 9.90. The van der Waals surface area contributed by atoms with Gasteiger partial charge in [-0.05, 0) is 36.4 Å². The lowest BCUT2D eigenvalue weighted by Crippen LogP contribution is -2.31. The first-order valence-electron chi connectivity index (χ1n) is 9.90. The lowest BCUT2D eigenvalue weighted by molar-refractivity contribution is -0.137. The zero-order valence-electron chi connectivity index (χ0n) is 16.7. The number of nitrogens with zero attached hydrogens (tertiary/aromatic N) is 5. The topological polar surface area (TPSA) is 60.0 Å². The van der Waals surface area contributed by atoms with Gasteiger partial charge in [0.05, 0.1) is 24.1 Å². The van der Waals surface area contributed by atoms with Crippen LogP contribution in [0, 0.1) is 5.82 Å². The Morgan fingerprint density at radius 1 is 1.06 bits per heavy atom. The zero-order chi connectivity index (χ0) is 22.3. The highest BCUT2D eigenvalue weighted by Crippen LogP contribution is 2.31. The molecule has 0 bridgehead atoms. The molecule has 0 atom stereocenters. The van der Waals surface area contributed by atoms with E-state index in [-0.39, 0.29) is 17.2 Å². The van der Waals surface area contributed by atoms with Crippen LogP contribution in [-0.4, -0.2) is 31.1 Å². The molecule has 1 aliphatic rings. The van der Waals surface area contributed by atoms with E-state index in [0.717, 1.165) is 35.6 Å². The Labute approximate surface area is 180 Å². The van der Waals surface area contributed by atoms with Crippen molar-refractivity contribution in [1.29, 1.82) is 0 Å². The molecule has 0 spiro atoms. The summed E-state index contributed by atoms with van der Waals surface area (Å²) in [6.07, 6.45) is -1.99. The summed E-state index contributed by atoms with van der Waals surface area (Å²) in [5.41, 5.74) is 2.29. The number of hydrogen-bond acceptors (Lipinski definition) is 5. The summed E-state index contributed by atoms with van der Waals surface area (Å²) in [4.78, 5) is 10.8. The second-order valence-corrected chi connectivity index (χ2v) is 7.54. The largest absolute Gasteiger partial charge is 0.416 e. The van der Waals surface area contributed by atoms with Crippen molar-refractivity contribution in [3.05, 3.63) is 83.5 Å². The molecule has 0 amide bonds. The van der Waals surface area contributed by atoms with Crippen LogP contribution >= 0.6 is 0 Å². The number of rotatable bonds is 4. The molecule has 0 saturated heterocycles. The standard InChI is InChI=1S/C22H17F4N5O/c23-16-4-6-17(7-5-16)31-13-27-18-11-30(9-8-19(18)31)12-20-28-21(29-32-20)14-2-1-3-15(10-14)22(24,25)26/h1-7,10,13H,8-9,11-12H2. The van der Waals surface area contributed by atoms with Crippen LogP contribution in [0.3, 0.4) is 0 Å². The summed E-state index contributed by atoms with van der Waals surface area (Å²) in [6, 6.07) is 11.1. The van der Waals surface area contributed by atoms with Crippen molar-refractivity contribution in [2.24, 2.45) is 0 Å². The van der Waals surface area contributed by atoms with Crippen molar-refractivity contribution in [1.82, 2.24) is 24.6 Å². The van der Waals surface area contributed by atoms with Gasteiger partial charge in [0, 0.05) is 36.5 Å². The number of aromatic nitrogens is 4. The highest BCUT2D eigenvalue weighted by atomic mass is 19.4. The fraction of sp³-hybridized carbons (Fsp3) is 0.227. The van der Waals surface area contributed by atoms with E-state index in [4.69, 9.17) is 4.52 Å². The molecule has 4 aromatic rings. The molecule has 0 unspecified atom stereocenters. The number of benzene rings is 2. The van der Waals surface area contributed by atoms with E-state index < -0.39 is 11.7 Å². The molecule has 0 fully saturated rings. The van der Waals surface area contributed by atoms with Gasteiger partial charge in [-0.15, -0.1) is 0 Å². The molecule has 0 N–H and O–H groups in total. The van der Waals surface area contributed by atoms with Crippen LogP contribution < -0.4 is 0 Å². The lowest BCUT2D eigenvalue weighted by Gasteiger charge is -2.25. The average molecular weight is 443 g/mol. The highest BCUT2D eigenvalue weighted by molar-refractivity contribution is 5.55. The SMILES string of the molecule is Fc1ccc(-n2cnc3c2CCN(Cc2nc(-c4cccc(C(F)(F)F)c4)no2)C3)cc1. The number of imidazole rings is 1. The summed E-state index contributed by atoms with van der Waals surface area (Å²) in [5.74, 6) is 0.140. The van der Waals surface area contributed by atoms with Gasteiger partial charge in [-0.3, -0.25) is 4.90 Å². The molecule has 2 aromatic heterocycles. The van der Waals surface area contributed by atoms with Crippen molar-refractivity contribution in [2.75, 3.05) is 6.54 Å². The van der Waals surface area contributed by atoms with Crippen molar-refractivity contribution in [3.63, 3.8) is 0 Å². The van der Waals surface area contributed by atoms with Gasteiger partial charge in [0.1, 0.15) is 5.82 Å². The third kappa shape index (κ3) is 4.01. The Morgan fingerprint density at radius 3 is 2.66 bits per heavy atom. The molecule has 0 aliphatic carbocycles. The van der Waals surface area contributed by atoms with Crippen molar-refractivity contribution in [3.8, 4) is 17.1 Å². The Bertz CT molecular complexity index is 1250. The lowest BCUT2D eigenvalue weighted by atomic mass is 10.1. The number of hydrogen-bond donors (Lipinski definition) is 0. The molecular formula is C22H17F4N5O. The van der Waals surface area contributed by atoms with E-state index in [2.05, 4.69) is 20.0 Å². The molecule has 0 saturated carbocycles. The molecular weight excluding hydrogens is 426 g/mol. The zero-order valence-corrected chi connectivity index (χ0v) is 16.7. The molecule has 0 radical (unpaired) electrons. The van der Waals surface area contributed by atoms with E-state index in [1.54, 1.807) is 18.5 Å². The Kier molecular flexibility index (Phi) is 5.01. The molecule has 32 heavy (non-hydrogen) atoms. The van der Waals surface area contributed by atoms with E-state index in [0.29, 0.717) is 25.5 Å². The molecule has 164 valence electrons.